The molecule has 25 heavy (non-hydrogen) atoms. The maximum absolute atomic E-state index is 13.5. The predicted octanol–water partition coefficient (Wildman–Crippen LogP) is 3.31. The molecular formula is C18H12F2N2O3. The van der Waals surface area contributed by atoms with Crippen LogP contribution in [0.2, 0.25) is 0 Å². The van der Waals surface area contributed by atoms with E-state index in [0.717, 1.165) is 18.2 Å². The summed E-state index contributed by atoms with van der Waals surface area (Å²) in [6, 6.07) is 11.0. The Balaban J connectivity index is 1.67. The van der Waals surface area contributed by atoms with Crippen LogP contribution in [-0.2, 0) is 9.53 Å². The van der Waals surface area contributed by atoms with E-state index in [-0.39, 0.29) is 11.3 Å². The van der Waals surface area contributed by atoms with Crippen molar-refractivity contribution in [2.24, 2.45) is 0 Å². The number of halogens is 2. The van der Waals surface area contributed by atoms with Gasteiger partial charge in [0.05, 0.1) is 16.8 Å². The molecule has 0 radical (unpaired) electrons. The third kappa shape index (κ3) is 3.77. The van der Waals surface area contributed by atoms with Crippen LogP contribution in [0.4, 0.5) is 14.5 Å². The summed E-state index contributed by atoms with van der Waals surface area (Å²) in [5.74, 6) is -2.98. The molecule has 0 aliphatic heterocycles. The second-order valence-corrected chi connectivity index (χ2v) is 5.12. The lowest BCUT2D eigenvalue weighted by Gasteiger charge is -2.08. The molecule has 3 aromatic rings. The number of benzene rings is 2. The zero-order valence-electron chi connectivity index (χ0n) is 12.8. The number of hydrogen-bond donors (Lipinski definition) is 1. The molecule has 0 fully saturated rings. The summed E-state index contributed by atoms with van der Waals surface area (Å²) in [4.78, 5) is 28.1. The summed E-state index contributed by atoms with van der Waals surface area (Å²) in [5.41, 5.74) is 0.550. The first-order valence-electron chi connectivity index (χ1n) is 7.30. The van der Waals surface area contributed by atoms with Gasteiger partial charge in [-0.05, 0) is 30.3 Å². The van der Waals surface area contributed by atoms with Gasteiger partial charge in [-0.25, -0.2) is 13.6 Å². The van der Waals surface area contributed by atoms with Gasteiger partial charge in [0.15, 0.2) is 6.61 Å². The number of nitrogens with zero attached hydrogens (tertiary/aromatic N) is 1. The molecule has 0 unspecified atom stereocenters. The van der Waals surface area contributed by atoms with Crippen molar-refractivity contribution in [3.05, 3.63) is 71.9 Å². The molecular weight excluding hydrogens is 330 g/mol. The van der Waals surface area contributed by atoms with Gasteiger partial charge in [-0.2, -0.15) is 0 Å². The highest BCUT2D eigenvalue weighted by molar-refractivity contribution is 6.04. The number of carbonyl (C=O) groups excluding carboxylic acids is 2. The fourth-order valence-corrected chi connectivity index (χ4v) is 2.27. The number of rotatable bonds is 4. The molecule has 1 aromatic heterocycles. The second kappa shape index (κ2) is 7.04. The Morgan fingerprint density at radius 2 is 1.92 bits per heavy atom. The maximum Gasteiger partial charge on any atom is 0.339 e. The molecule has 3 rings (SSSR count). The predicted molar refractivity (Wildman–Crippen MR) is 87.0 cm³/mol. The SMILES string of the molecule is O=C(COC(=O)c1cccc2ncccc12)Nc1cc(F)ccc1F. The van der Waals surface area contributed by atoms with Crippen molar-refractivity contribution < 1.29 is 23.1 Å². The number of pyridine rings is 1. The number of amides is 1. The van der Waals surface area contributed by atoms with Crippen LogP contribution in [0.15, 0.2) is 54.7 Å². The maximum atomic E-state index is 13.5. The Bertz CT molecular complexity index is 955. The molecule has 0 bridgehead atoms. The van der Waals surface area contributed by atoms with Gasteiger partial charge in [0.2, 0.25) is 0 Å². The highest BCUT2D eigenvalue weighted by Gasteiger charge is 2.14. The van der Waals surface area contributed by atoms with Crippen LogP contribution in [0, 0.1) is 11.6 Å². The molecule has 1 amide bonds. The molecule has 7 heteroatoms. The van der Waals surface area contributed by atoms with E-state index in [1.807, 2.05) is 0 Å². The smallest absolute Gasteiger partial charge is 0.339 e. The van der Waals surface area contributed by atoms with E-state index in [1.54, 1.807) is 36.5 Å². The first kappa shape index (κ1) is 16.5. The monoisotopic (exact) mass is 342 g/mol. The van der Waals surface area contributed by atoms with Crippen LogP contribution in [-0.4, -0.2) is 23.5 Å². The van der Waals surface area contributed by atoms with E-state index in [9.17, 15) is 18.4 Å². The third-order valence-corrected chi connectivity index (χ3v) is 3.40. The molecule has 5 nitrogen and oxygen atoms in total. The number of carbonyl (C=O) groups is 2. The number of aromatic nitrogens is 1. The summed E-state index contributed by atoms with van der Waals surface area (Å²) >= 11 is 0. The number of anilines is 1. The van der Waals surface area contributed by atoms with Crippen LogP contribution < -0.4 is 5.32 Å². The summed E-state index contributed by atoms with van der Waals surface area (Å²) in [6.07, 6.45) is 1.60. The Morgan fingerprint density at radius 1 is 1.08 bits per heavy atom. The first-order valence-corrected chi connectivity index (χ1v) is 7.30. The minimum atomic E-state index is -0.791. The normalized spacial score (nSPS) is 10.5. The molecule has 0 aliphatic carbocycles. The lowest BCUT2D eigenvalue weighted by Crippen LogP contribution is -2.21. The average Bonchev–Trinajstić information content (AvgIpc) is 2.62. The highest BCUT2D eigenvalue weighted by atomic mass is 19.1. The summed E-state index contributed by atoms with van der Waals surface area (Å²) in [7, 11) is 0. The topological polar surface area (TPSA) is 68.3 Å². The number of fused-ring (bicyclic) bond motifs is 1. The quantitative estimate of drug-likeness (QED) is 0.739. The third-order valence-electron chi connectivity index (χ3n) is 3.40. The van der Waals surface area contributed by atoms with Crippen molar-refractivity contribution in [1.82, 2.24) is 4.98 Å². The van der Waals surface area contributed by atoms with E-state index in [4.69, 9.17) is 4.74 Å². The summed E-state index contributed by atoms with van der Waals surface area (Å²) in [5, 5.41) is 2.74. The fraction of sp³-hybridized carbons (Fsp3) is 0.0556. The van der Waals surface area contributed by atoms with Gasteiger partial charge in [-0.3, -0.25) is 9.78 Å². The summed E-state index contributed by atoms with van der Waals surface area (Å²) in [6.45, 7) is -0.633. The van der Waals surface area contributed by atoms with E-state index >= 15 is 0 Å². The Labute approximate surface area is 141 Å². The van der Waals surface area contributed by atoms with Crippen LogP contribution in [0.5, 0.6) is 0 Å². The van der Waals surface area contributed by atoms with Crippen LogP contribution in [0.3, 0.4) is 0 Å². The van der Waals surface area contributed by atoms with Gasteiger partial charge in [0.1, 0.15) is 11.6 Å². The Hall–Kier alpha value is -3.35. The second-order valence-electron chi connectivity index (χ2n) is 5.12. The standard InChI is InChI=1S/C18H12F2N2O3/c19-11-6-7-14(20)16(9-11)22-17(23)10-25-18(24)13-3-1-5-15-12(13)4-2-8-21-15/h1-9H,10H2,(H,22,23). The molecule has 126 valence electrons. The molecule has 2 aromatic carbocycles. The van der Waals surface area contributed by atoms with Crippen LogP contribution >= 0.6 is 0 Å². The van der Waals surface area contributed by atoms with Gasteiger partial charge >= 0.3 is 5.97 Å². The van der Waals surface area contributed by atoms with Gasteiger partial charge in [0, 0.05) is 17.6 Å². The molecule has 1 N–H and O–H groups in total. The zero-order valence-corrected chi connectivity index (χ0v) is 12.8. The van der Waals surface area contributed by atoms with Gasteiger partial charge in [-0.15, -0.1) is 0 Å². The van der Waals surface area contributed by atoms with Crippen molar-refractivity contribution in [3.8, 4) is 0 Å². The molecule has 0 saturated heterocycles. The van der Waals surface area contributed by atoms with Gasteiger partial charge in [0.25, 0.3) is 5.91 Å². The number of hydrogen-bond acceptors (Lipinski definition) is 4. The highest BCUT2D eigenvalue weighted by Crippen LogP contribution is 2.18. The van der Waals surface area contributed by atoms with E-state index in [2.05, 4.69) is 10.3 Å². The van der Waals surface area contributed by atoms with E-state index in [0.29, 0.717) is 10.9 Å². The minimum absolute atomic E-state index is 0.260. The Morgan fingerprint density at radius 3 is 2.76 bits per heavy atom. The fourth-order valence-electron chi connectivity index (χ4n) is 2.27. The average molecular weight is 342 g/mol. The van der Waals surface area contributed by atoms with Gasteiger partial charge < -0.3 is 10.1 Å². The van der Waals surface area contributed by atoms with Crippen LogP contribution in [0.25, 0.3) is 10.9 Å². The minimum Gasteiger partial charge on any atom is -0.452 e. The molecule has 0 spiro atoms. The van der Waals surface area contributed by atoms with Crippen molar-refractivity contribution in [1.29, 1.82) is 0 Å². The molecule has 0 saturated carbocycles. The first-order chi connectivity index (χ1) is 12.0. The van der Waals surface area contributed by atoms with Crippen LogP contribution in [0.1, 0.15) is 10.4 Å². The van der Waals surface area contributed by atoms with Crippen molar-refractivity contribution in [2.45, 2.75) is 0 Å². The van der Waals surface area contributed by atoms with E-state index in [1.165, 1.54) is 0 Å². The lowest BCUT2D eigenvalue weighted by molar-refractivity contribution is -0.119. The van der Waals surface area contributed by atoms with E-state index < -0.39 is 30.1 Å². The zero-order chi connectivity index (χ0) is 17.8. The molecule has 0 aliphatic rings. The summed E-state index contributed by atoms with van der Waals surface area (Å²) < 4.78 is 31.5. The molecule has 1 heterocycles. The van der Waals surface area contributed by atoms with Crippen molar-refractivity contribution in [2.75, 3.05) is 11.9 Å². The largest absolute Gasteiger partial charge is 0.452 e. The number of nitrogens with one attached hydrogen (secondary N) is 1. The number of esters is 1. The molecule has 0 atom stereocenters. The lowest BCUT2D eigenvalue weighted by atomic mass is 10.1. The van der Waals surface area contributed by atoms with Gasteiger partial charge in [-0.1, -0.05) is 12.1 Å². The van der Waals surface area contributed by atoms with Crippen molar-refractivity contribution >= 4 is 28.5 Å². The van der Waals surface area contributed by atoms with Crippen molar-refractivity contribution in [3.63, 3.8) is 0 Å². The Kier molecular flexibility index (Phi) is 4.65. The number of ether oxygens (including phenoxy) is 1.